The number of nitrogens with one attached hydrogen (secondary N) is 1. The first-order chi connectivity index (χ1) is 8.63. The molecule has 0 atom stereocenters. The van der Waals surface area contributed by atoms with E-state index in [1.807, 2.05) is 12.1 Å². The standard InChI is InChI=1S/C13H12ClN3O/c14-10-3-6-12(16-8-10)17-13(18)7-9-1-4-11(15)5-2-9/h1-6,8H,7,15H2,(H,16,17,18). The van der Waals surface area contributed by atoms with E-state index in [-0.39, 0.29) is 12.3 Å². The maximum Gasteiger partial charge on any atom is 0.229 e. The van der Waals surface area contributed by atoms with E-state index in [1.54, 1.807) is 24.3 Å². The Hall–Kier alpha value is -2.07. The molecule has 1 heterocycles. The van der Waals surface area contributed by atoms with E-state index in [1.165, 1.54) is 6.20 Å². The van der Waals surface area contributed by atoms with Gasteiger partial charge in [0.25, 0.3) is 0 Å². The topological polar surface area (TPSA) is 68.0 Å². The van der Waals surface area contributed by atoms with Gasteiger partial charge in [0.15, 0.2) is 0 Å². The van der Waals surface area contributed by atoms with Gasteiger partial charge in [0.05, 0.1) is 11.4 Å². The summed E-state index contributed by atoms with van der Waals surface area (Å²) < 4.78 is 0. The molecule has 2 rings (SSSR count). The first-order valence-corrected chi connectivity index (χ1v) is 5.77. The minimum atomic E-state index is -0.130. The zero-order valence-electron chi connectivity index (χ0n) is 9.56. The number of nitrogen functional groups attached to an aromatic ring is 1. The Kier molecular flexibility index (Phi) is 3.79. The maximum atomic E-state index is 11.7. The predicted molar refractivity (Wildman–Crippen MR) is 72.4 cm³/mol. The lowest BCUT2D eigenvalue weighted by atomic mass is 10.1. The molecule has 0 aliphatic rings. The first kappa shape index (κ1) is 12.4. The number of anilines is 2. The van der Waals surface area contributed by atoms with Gasteiger partial charge >= 0.3 is 0 Å². The van der Waals surface area contributed by atoms with Crippen LogP contribution in [0, 0.1) is 0 Å². The number of nitrogens with zero attached hydrogens (tertiary/aromatic N) is 1. The van der Waals surface area contributed by atoms with Crippen LogP contribution >= 0.6 is 11.6 Å². The number of rotatable bonds is 3. The lowest BCUT2D eigenvalue weighted by Gasteiger charge is -2.04. The number of hydrogen-bond donors (Lipinski definition) is 2. The predicted octanol–water partition coefficient (Wildman–Crippen LogP) is 2.50. The van der Waals surface area contributed by atoms with Crippen LogP contribution in [-0.4, -0.2) is 10.9 Å². The molecule has 0 saturated heterocycles. The van der Waals surface area contributed by atoms with Crippen LogP contribution in [0.2, 0.25) is 5.02 Å². The maximum absolute atomic E-state index is 11.7. The molecule has 0 aliphatic carbocycles. The molecule has 2 aromatic rings. The van der Waals surface area contributed by atoms with Crippen LogP contribution in [0.4, 0.5) is 11.5 Å². The fraction of sp³-hybridized carbons (Fsp3) is 0.0769. The van der Waals surface area contributed by atoms with Crippen LogP contribution in [0.5, 0.6) is 0 Å². The van der Waals surface area contributed by atoms with E-state index >= 15 is 0 Å². The Morgan fingerprint density at radius 1 is 1.22 bits per heavy atom. The van der Waals surface area contributed by atoms with E-state index in [4.69, 9.17) is 17.3 Å². The fourth-order valence-corrected chi connectivity index (χ4v) is 1.57. The molecule has 1 aromatic carbocycles. The summed E-state index contributed by atoms with van der Waals surface area (Å²) in [5.41, 5.74) is 7.15. The quantitative estimate of drug-likeness (QED) is 0.834. The fourth-order valence-electron chi connectivity index (χ4n) is 1.46. The Morgan fingerprint density at radius 3 is 2.56 bits per heavy atom. The number of halogens is 1. The summed E-state index contributed by atoms with van der Waals surface area (Å²) >= 11 is 5.71. The normalized spacial score (nSPS) is 10.1. The highest BCUT2D eigenvalue weighted by molar-refractivity contribution is 6.30. The molecule has 0 radical (unpaired) electrons. The molecular formula is C13H12ClN3O. The van der Waals surface area contributed by atoms with E-state index < -0.39 is 0 Å². The van der Waals surface area contributed by atoms with Gasteiger partial charge in [0.2, 0.25) is 5.91 Å². The molecule has 92 valence electrons. The van der Waals surface area contributed by atoms with Gasteiger partial charge in [0.1, 0.15) is 5.82 Å². The van der Waals surface area contributed by atoms with Crippen molar-refractivity contribution < 1.29 is 4.79 Å². The second kappa shape index (κ2) is 5.51. The highest BCUT2D eigenvalue weighted by Gasteiger charge is 2.04. The third-order valence-corrected chi connectivity index (χ3v) is 2.56. The Bertz CT molecular complexity index is 488. The minimum Gasteiger partial charge on any atom is -0.399 e. The summed E-state index contributed by atoms with van der Waals surface area (Å²) in [5.74, 6) is 0.356. The largest absolute Gasteiger partial charge is 0.399 e. The molecule has 5 heteroatoms. The molecule has 0 spiro atoms. The van der Waals surface area contributed by atoms with E-state index in [9.17, 15) is 4.79 Å². The van der Waals surface area contributed by atoms with Gasteiger partial charge < -0.3 is 11.1 Å². The third kappa shape index (κ3) is 3.46. The Balaban J connectivity index is 1.96. The van der Waals surface area contributed by atoms with E-state index in [2.05, 4.69) is 10.3 Å². The monoisotopic (exact) mass is 261 g/mol. The zero-order chi connectivity index (χ0) is 13.0. The van der Waals surface area contributed by atoms with Crippen LogP contribution in [0.25, 0.3) is 0 Å². The van der Waals surface area contributed by atoms with Crippen molar-refractivity contribution in [3.8, 4) is 0 Å². The summed E-state index contributed by atoms with van der Waals surface area (Å²) in [4.78, 5) is 15.7. The number of hydrogen-bond acceptors (Lipinski definition) is 3. The molecule has 1 aromatic heterocycles. The molecule has 0 unspecified atom stereocenters. The lowest BCUT2D eigenvalue weighted by Crippen LogP contribution is -2.15. The van der Waals surface area contributed by atoms with E-state index in [0.29, 0.717) is 16.5 Å². The summed E-state index contributed by atoms with van der Waals surface area (Å²) in [6, 6.07) is 10.5. The van der Waals surface area contributed by atoms with Crippen LogP contribution in [0.1, 0.15) is 5.56 Å². The highest BCUT2D eigenvalue weighted by Crippen LogP contribution is 2.11. The Morgan fingerprint density at radius 2 is 1.94 bits per heavy atom. The second-order valence-corrected chi connectivity index (χ2v) is 4.26. The molecule has 4 nitrogen and oxygen atoms in total. The van der Waals surface area contributed by atoms with Gasteiger partial charge in [-0.1, -0.05) is 23.7 Å². The van der Waals surface area contributed by atoms with Gasteiger partial charge in [0, 0.05) is 11.9 Å². The van der Waals surface area contributed by atoms with Gasteiger partial charge in [-0.25, -0.2) is 4.98 Å². The average molecular weight is 262 g/mol. The molecular weight excluding hydrogens is 250 g/mol. The minimum absolute atomic E-state index is 0.130. The number of carbonyl (C=O) groups is 1. The number of carbonyl (C=O) groups excluding carboxylic acids is 1. The lowest BCUT2D eigenvalue weighted by molar-refractivity contribution is -0.115. The summed E-state index contributed by atoms with van der Waals surface area (Å²) in [6.07, 6.45) is 1.77. The van der Waals surface area contributed by atoms with Crippen molar-refractivity contribution in [3.63, 3.8) is 0 Å². The van der Waals surface area contributed by atoms with E-state index in [0.717, 1.165) is 5.56 Å². The number of aromatic nitrogens is 1. The van der Waals surface area contributed by atoms with Crippen LogP contribution in [0.3, 0.4) is 0 Å². The summed E-state index contributed by atoms with van der Waals surface area (Å²) in [7, 11) is 0. The average Bonchev–Trinajstić information content (AvgIpc) is 2.35. The summed E-state index contributed by atoms with van der Waals surface area (Å²) in [5, 5.41) is 3.23. The van der Waals surface area contributed by atoms with Crippen molar-refractivity contribution in [3.05, 3.63) is 53.2 Å². The molecule has 18 heavy (non-hydrogen) atoms. The highest BCUT2D eigenvalue weighted by atomic mass is 35.5. The van der Waals surface area contributed by atoms with Crippen LogP contribution < -0.4 is 11.1 Å². The first-order valence-electron chi connectivity index (χ1n) is 5.39. The molecule has 1 amide bonds. The number of benzene rings is 1. The molecule has 0 aliphatic heterocycles. The van der Waals surface area contributed by atoms with Crippen molar-refractivity contribution >= 4 is 29.0 Å². The van der Waals surface area contributed by atoms with Gasteiger partial charge in [-0.2, -0.15) is 0 Å². The van der Waals surface area contributed by atoms with Crippen LogP contribution in [0.15, 0.2) is 42.6 Å². The number of nitrogens with two attached hydrogens (primary N) is 1. The van der Waals surface area contributed by atoms with Gasteiger partial charge in [-0.05, 0) is 29.8 Å². The molecule has 0 saturated carbocycles. The van der Waals surface area contributed by atoms with Crippen molar-refractivity contribution in [2.24, 2.45) is 0 Å². The number of amides is 1. The smallest absolute Gasteiger partial charge is 0.229 e. The third-order valence-electron chi connectivity index (χ3n) is 2.34. The van der Waals surface area contributed by atoms with Gasteiger partial charge in [-0.3, -0.25) is 4.79 Å². The van der Waals surface area contributed by atoms with Crippen molar-refractivity contribution in [2.45, 2.75) is 6.42 Å². The SMILES string of the molecule is Nc1ccc(CC(=O)Nc2ccc(Cl)cn2)cc1. The Labute approximate surface area is 110 Å². The van der Waals surface area contributed by atoms with Crippen LogP contribution in [-0.2, 0) is 11.2 Å². The molecule has 3 N–H and O–H groups in total. The molecule has 0 bridgehead atoms. The zero-order valence-corrected chi connectivity index (χ0v) is 10.3. The van der Waals surface area contributed by atoms with Gasteiger partial charge in [-0.15, -0.1) is 0 Å². The summed E-state index contributed by atoms with van der Waals surface area (Å²) in [6.45, 7) is 0. The number of pyridine rings is 1. The van der Waals surface area contributed by atoms with Crippen molar-refractivity contribution in [2.75, 3.05) is 11.1 Å². The molecule has 0 fully saturated rings. The second-order valence-electron chi connectivity index (χ2n) is 3.83. The van der Waals surface area contributed by atoms with Crippen molar-refractivity contribution in [1.82, 2.24) is 4.98 Å². The van der Waals surface area contributed by atoms with Crippen molar-refractivity contribution in [1.29, 1.82) is 0 Å².